The summed E-state index contributed by atoms with van der Waals surface area (Å²) in [6.45, 7) is 5.83. The lowest BCUT2D eigenvalue weighted by molar-refractivity contribution is 0.145. The summed E-state index contributed by atoms with van der Waals surface area (Å²) in [5.41, 5.74) is 1.88. The molecule has 6 heteroatoms. The van der Waals surface area contributed by atoms with Crippen molar-refractivity contribution in [2.24, 2.45) is 0 Å². The third-order valence-corrected chi connectivity index (χ3v) is 5.00. The highest BCUT2D eigenvalue weighted by molar-refractivity contribution is 5.73. The van der Waals surface area contributed by atoms with Gasteiger partial charge in [-0.15, -0.1) is 0 Å². The number of rotatable bonds is 7. The molecule has 0 bridgehead atoms. The molecule has 1 atom stereocenters. The zero-order chi connectivity index (χ0) is 18.2. The van der Waals surface area contributed by atoms with Crippen LogP contribution in [0.5, 0.6) is 0 Å². The molecule has 0 radical (unpaired) electrons. The van der Waals surface area contributed by atoms with E-state index in [1.807, 2.05) is 31.2 Å². The van der Waals surface area contributed by atoms with Crippen molar-refractivity contribution in [3.8, 4) is 0 Å². The Morgan fingerprint density at radius 2 is 1.96 bits per heavy atom. The number of benzene rings is 1. The molecule has 0 saturated carbocycles. The first-order chi connectivity index (χ1) is 12.0. The van der Waals surface area contributed by atoms with Crippen molar-refractivity contribution in [2.45, 2.75) is 31.9 Å². The molecule has 1 aliphatic rings. The number of nitrogens with zero attached hydrogens (tertiary/aromatic N) is 2. The van der Waals surface area contributed by atoms with E-state index in [0.717, 1.165) is 30.8 Å². The quantitative estimate of drug-likeness (QED) is 0.696. The molecule has 1 aliphatic heterocycles. The van der Waals surface area contributed by atoms with Crippen molar-refractivity contribution >= 4 is 6.03 Å². The number of aliphatic hydroxyl groups is 1. The maximum Gasteiger partial charge on any atom is 0.314 e. The Morgan fingerprint density at radius 1 is 1.28 bits per heavy atom. The van der Waals surface area contributed by atoms with Crippen LogP contribution in [-0.4, -0.2) is 73.8 Å². The van der Waals surface area contributed by atoms with Crippen molar-refractivity contribution in [1.82, 2.24) is 20.4 Å². The molecule has 1 saturated heterocycles. The number of piperidine rings is 1. The summed E-state index contributed by atoms with van der Waals surface area (Å²) in [5, 5.41) is 15.8. The third-order valence-electron chi connectivity index (χ3n) is 5.00. The van der Waals surface area contributed by atoms with Crippen LogP contribution in [0.4, 0.5) is 4.79 Å². The zero-order valence-corrected chi connectivity index (χ0v) is 15.7. The summed E-state index contributed by atoms with van der Waals surface area (Å²) < 4.78 is 0. The monoisotopic (exact) mass is 348 g/mol. The van der Waals surface area contributed by atoms with Crippen LogP contribution in [0.25, 0.3) is 0 Å². The van der Waals surface area contributed by atoms with E-state index in [2.05, 4.69) is 34.5 Å². The molecule has 0 aliphatic carbocycles. The van der Waals surface area contributed by atoms with Gasteiger partial charge in [-0.05, 0) is 58.1 Å². The first-order valence-corrected chi connectivity index (χ1v) is 9.11. The lowest BCUT2D eigenvalue weighted by Crippen LogP contribution is -2.46. The molecule has 2 amide bonds. The minimum Gasteiger partial charge on any atom is -0.387 e. The predicted octanol–water partition coefficient (Wildman–Crippen LogP) is 1.35. The van der Waals surface area contributed by atoms with Gasteiger partial charge in [0.05, 0.1) is 6.10 Å². The SMILES string of the molecule is Cc1ccccc1C(O)CNC(=O)NCCN1CCC(N(C)C)CC1. The Labute approximate surface area is 151 Å². The number of aliphatic hydroxyl groups excluding tert-OH is 1. The first kappa shape index (κ1) is 19.7. The Morgan fingerprint density at radius 3 is 2.60 bits per heavy atom. The zero-order valence-electron chi connectivity index (χ0n) is 15.7. The van der Waals surface area contributed by atoms with E-state index in [1.54, 1.807) is 0 Å². The van der Waals surface area contributed by atoms with E-state index in [-0.39, 0.29) is 12.6 Å². The molecule has 1 unspecified atom stereocenters. The van der Waals surface area contributed by atoms with Gasteiger partial charge >= 0.3 is 6.03 Å². The number of nitrogens with one attached hydrogen (secondary N) is 2. The van der Waals surface area contributed by atoms with Crippen molar-refractivity contribution in [1.29, 1.82) is 0 Å². The van der Waals surface area contributed by atoms with Gasteiger partial charge in [0.25, 0.3) is 0 Å². The van der Waals surface area contributed by atoms with E-state index < -0.39 is 6.10 Å². The molecule has 2 rings (SSSR count). The van der Waals surface area contributed by atoms with Crippen LogP contribution in [0.1, 0.15) is 30.1 Å². The lowest BCUT2D eigenvalue weighted by Gasteiger charge is -2.35. The summed E-state index contributed by atoms with van der Waals surface area (Å²) in [7, 11) is 4.27. The number of likely N-dealkylation sites (tertiary alicyclic amines) is 1. The minimum absolute atomic E-state index is 0.213. The fourth-order valence-corrected chi connectivity index (χ4v) is 3.31. The van der Waals surface area contributed by atoms with Crippen LogP contribution >= 0.6 is 0 Å². The van der Waals surface area contributed by atoms with E-state index in [9.17, 15) is 9.90 Å². The Kier molecular flexibility index (Phi) is 7.68. The molecule has 3 N–H and O–H groups in total. The number of urea groups is 1. The number of carbonyl (C=O) groups excluding carboxylic acids is 1. The second-order valence-electron chi connectivity index (χ2n) is 7.05. The molecular formula is C19H32N4O2. The van der Waals surface area contributed by atoms with Gasteiger partial charge in [-0.3, -0.25) is 0 Å². The molecule has 1 aromatic rings. The largest absolute Gasteiger partial charge is 0.387 e. The van der Waals surface area contributed by atoms with Crippen LogP contribution < -0.4 is 10.6 Å². The molecule has 140 valence electrons. The Balaban J connectivity index is 1.61. The molecule has 25 heavy (non-hydrogen) atoms. The van der Waals surface area contributed by atoms with Crippen molar-refractivity contribution in [3.63, 3.8) is 0 Å². The van der Waals surface area contributed by atoms with Gasteiger partial charge in [0.2, 0.25) is 0 Å². The van der Waals surface area contributed by atoms with Crippen molar-refractivity contribution < 1.29 is 9.90 Å². The lowest BCUT2D eigenvalue weighted by atomic mass is 10.0. The highest BCUT2D eigenvalue weighted by atomic mass is 16.3. The number of hydrogen-bond donors (Lipinski definition) is 3. The molecule has 0 aromatic heterocycles. The average molecular weight is 348 g/mol. The second-order valence-corrected chi connectivity index (χ2v) is 7.05. The Hall–Kier alpha value is -1.63. The van der Waals surface area contributed by atoms with Crippen LogP contribution in [0.2, 0.25) is 0 Å². The summed E-state index contributed by atoms with van der Waals surface area (Å²) >= 11 is 0. The van der Waals surface area contributed by atoms with Gasteiger partial charge in [-0.25, -0.2) is 4.79 Å². The number of carbonyl (C=O) groups is 1. The normalized spacial score (nSPS) is 17.5. The van der Waals surface area contributed by atoms with E-state index in [1.165, 1.54) is 12.8 Å². The fourth-order valence-electron chi connectivity index (χ4n) is 3.31. The average Bonchev–Trinajstić information content (AvgIpc) is 2.60. The van der Waals surface area contributed by atoms with Gasteiger partial charge in [0.15, 0.2) is 0 Å². The van der Waals surface area contributed by atoms with Gasteiger partial charge in [0, 0.05) is 25.7 Å². The van der Waals surface area contributed by atoms with Gasteiger partial charge in [-0.2, -0.15) is 0 Å². The van der Waals surface area contributed by atoms with E-state index in [0.29, 0.717) is 12.6 Å². The van der Waals surface area contributed by atoms with Crippen molar-refractivity contribution in [2.75, 3.05) is 46.8 Å². The molecular weight excluding hydrogens is 316 g/mol. The van der Waals surface area contributed by atoms with Crippen molar-refractivity contribution in [3.05, 3.63) is 35.4 Å². The topological polar surface area (TPSA) is 67.8 Å². The maximum atomic E-state index is 11.9. The van der Waals surface area contributed by atoms with Crippen LogP contribution in [0.15, 0.2) is 24.3 Å². The predicted molar refractivity (Wildman–Crippen MR) is 101 cm³/mol. The highest BCUT2D eigenvalue weighted by Crippen LogP contribution is 2.16. The smallest absolute Gasteiger partial charge is 0.314 e. The molecule has 1 heterocycles. The number of amides is 2. The van der Waals surface area contributed by atoms with Gasteiger partial charge < -0.3 is 25.5 Å². The van der Waals surface area contributed by atoms with Crippen LogP contribution in [0, 0.1) is 6.92 Å². The summed E-state index contributed by atoms with van der Waals surface area (Å²) in [5.74, 6) is 0. The summed E-state index contributed by atoms with van der Waals surface area (Å²) in [6, 6.07) is 8.12. The Bertz CT molecular complexity index is 542. The van der Waals surface area contributed by atoms with Crippen LogP contribution in [-0.2, 0) is 0 Å². The highest BCUT2D eigenvalue weighted by Gasteiger charge is 2.20. The van der Waals surface area contributed by atoms with Gasteiger partial charge in [0.1, 0.15) is 0 Å². The molecule has 0 spiro atoms. The number of aryl methyl sites for hydroxylation is 1. The molecule has 1 fully saturated rings. The molecule has 6 nitrogen and oxygen atoms in total. The maximum absolute atomic E-state index is 11.9. The van der Waals surface area contributed by atoms with E-state index >= 15 is 0 Å². The first-order valence-electron chi connectivity index (χ1n) is 9.11. The summed E-state index contributed by atoms with van der Waals surface area (Å²) in [6.07, 6.45) is 1.68. The van der Waals surface area contributed by atoms with Crippen LogP contribution in [0.3, 0.4) is 0 Å². The minimum atomic E-state index is -0.683. The standard InChI is InChI=1S/C19H32N4O2/c1-15-6-4-5-7-17(15)18(24)14-21-19(25)20-10-13-23-11-8-16(9-12-23)22(2)3/h4-7,16,18,24H,8-14H2,1-3H3,(H2,20,21,25). The van der Waals surface area contributed by atoms with E-state index in [4.69, 9.17) is 0 Å². The summed E-state index contributed by atoms with van der Waals surface area (Å²) in [4.78, 5) is 16.6. The molecule has 1 aromatic carbocycles. The van der Waals surface area contributed by atoms with Gasteiger partial charge in [-0.1, -0.05) is 24.3 Å². The third kappa shape index (κ3) is 6.30. The fraction of sp³-hybridized carbons (Fsp3) is 0.632. The number of hydrogen-bond acceptors (Lipinski definition) is 4. The second kappa shape index (κ2) is 9.75.